The summed E-state index contributed by atoms with van der Waals surface area (Å²) >= 11 is 0. The molecule has 0 fully saturated rings. The minimum absolute atomic E-state index is 0.307. The van der Waals surface area contributed by atoms with Gasteiger partial charge in [-0.05, 0) is 25.7 Å². The van der Waals surface area contributed by atoms with E-state index in [0.717, 1.165) is 0 Å². The molecule has 3 nitrogen and oxygen atoms in total. The van der Waals surface area contributed by atoms with Gasteiger partial charge in [-0.15, -0.1) is 0 Å². The molecular weight excluding hydrogens is 176 g/mol. The van der Waals surface area contributed by atoms with E-state index >= 15 is 0 Å². The van der Waals surface area contributed by atoms with Crippen molar-refractivity contribution in [3.8, 4) is 0 Å². The summed E-state index contributed by atoms with van der Waals surface area (Å²) in [5.74, 6) is 0.614. The molecule has 1 N–H and O–H groups in total. The molecule has 2 atom stereocenters. The van der Waals surface area contributed by atoms with Crippen LogP contribution >= 0.6 is 0 Å². The first-order chi connectivity index (χ1) is 6.25. The molecular formula is C11H22N2O. The second-order valence-electron chi connectivity index (χ2n) is 5.36. The lowest BCUT2D eigenvalue weighted by molar-refractivity contribution is 0.0215. The van der Waals surface area contributed by atoms with Gasteiger partial charge in [0.15, 0.2) is 0 Å². The molecule has 0 radical (unpaired) electrons. The Morgan fingerprint density at radius 3 is 1.36 bits per heavy atom. The molecule has 0 aromatic rings. The third kappa shape index (κ3) is 1.38. The molecule has 0 aromatic heterocycles. The van der Waals surface area contributed by atoms with Crippen LogP contribution in [0.1, 0.15) is 41.5 Å². The van der Waals surface area contributed by atoms with Crippen LogP contribution in [0.5, 0.6) is 0 Å². The van der Waals surface area contributed by atoms with Gasteiger partial charge in [-0.25, -0.2) is 0 Å². The van der Waals surface area contributed by atoms with Crippen molar-refractivity contribution in [1.29, 1.82) is 0 Å². The van der Waals surface area contributed by atoms with Crippen LogP contribution in [0.4, 0.5) is 0 Å². The fourth-order valence-corrected chi connectivity index (χ4v) is 1.78. The fourth-order valence-electron chi connectivity index (χ4n) is 1.78. The molecule has 0 bridgehead atoms. The average Bonchev–Trinajstić information content (AvgIpc) is 2.32. The maximum absolute atomic E-state index is 10.3. The van der Waals surface area contributed by atoms with Crippen molar-refractivity contribution in [3.63, 3.8) is 0 Å². The molecule has 0 aliphatic carbocycles. The van der Waals surface area contributed by atoms with E-state index in [-0.39, 0.29) is 0 Å². The molecule has 0 aromatic carbocycles. The summed E-state index contributed by atoms with van der Waals surface area (Å²) in [6, 6.07) is 0. The Kier molecular flexibility index (Phi) is 2.74. The summed E-state index contributed by atoms with van der Waals surface area (Å²) in [6.07, 6.45) is -0.477. The number of hydrogen-bond donors (Lipinski definition) is 1. The lowest BCUT2D eigenvalue weighted by Gasteiger charge is -2.36. The van der Waals surface area contributed by atoms with Crippen LogP contribution < -0.4 is 0 Å². The van der Waals surface area contributed by atoms with E-state index in [0.29, 0.717) is 11.8 Å². The number of azo groups is 1. The minimum Gasteiger partial charge on any atom is -0.388 e. The molecule has 1 aliphatic rings. The second-order valence-corrected chi connectivity index (χ2v) is 5.36. The van der Waals surface area contributed by atoms with E-state index in [9.17, 15) is 5.11 Å². The van der Waals surface area contributed by atoms with Gasteiger partial charge in [0.1, 0.15) is 17.2 Å². The predicted octanol–water partition coefficient (Wildman–Crippen LogP) is 2.64. The molecule has 2 unspecified atom stereocenters. The van der Waals surface area contributed by atoms with Crippen LogP contribution in [0, 0.1) is 11.8 Å². The first-order valence-electron chi connectivity index (χ1n) is 5.37. The van der Waals surface area contributed by atoms with Gasteiger partial charge >= 0.3 is 0 Å². The normalized spacial score (nSPS) is 42.8. The van der Waals surface area contributed by atoms with Crippen LogP contribution in [-0.2, 0) is 0 Å². The highest BCUT2D eigenvalue weighted by Crippen LogP contribution is 2.43. The van der Waals surface area contributed by atoms with Crippen molar-refractivity contribution < 1.29 is 5.11 Å². The zero-order valence-corrected chi connectivity index (χ0v) is 10.1. The number of aliphatic hydroxyl groups is 1. The van der Waals surface area contributed by atoms with Gasteiger partial charge in [0, 0.05) is 0 Å². The van der Waals surface area contributed by atoms with Gasteiger partial charge in [-0.1, -0.05) is 27.7 Å². The van der Waals surface area contributed by atoms with Gasteiger partial charge in [0.2, 0.25) is 0 Å². The number of hydrogen-bond acceptors (Lipinski definition) is 3. The molecule has 3 heteroatoms. The molecule has 0 saturated heterocycles. The van der Waals surface area contributed by atoms with Crippen LogP contribution in [-0.4, -0.2) is 22.3 Å². The summed E-state index contributed by atoms with van der Waals surface area (Å²) in [6.45, 7) is 12.3. The summed E-state index contributed by atoms with van der Waals surface area (Å²) < 4.78 is 0. The van der Waals surface area contributed by atoms with Gasteiger partial charge in [0.25, 0.3) is 0 Å². The molecule has 82 valence electrons. The molecule has 0 spiro atoms. The smallest absolute Gasteiger partial charge is 0.109 e. The highest BCUT2D eigenvalue weighted by molar-refractivity contribution is 5.10. The first-order valence-corrected chi connectivity index (χ1v) is 5.37. The maximum atomic E-state index is 10.3. The third-order valence-corrected chi connectivity index (χ3v) is 3.93. The topological polar surface area (TPSA) is 45.0 Å². The Morgan fingerprint density at radius 2 is 1.21 bits per heavy atom. The monoisotopic (exact) mass is 198 g/mol. The summed E-state index contributed by atoms with van der Waals surface area (Å²) in [5.41, 5.74) is -0.835. The molecule has 1 rings (SSSR count). The Morgan fingerprint density at radius 1 is 0.929 bits per heavy atom. The van der Waals surface area contributed by atoms with Crippen molar-refractivity contribution in [2.24, 2.45) is 22.1 Å². The quantitative estimate of drug-likeness (QED) is 0.728. The fraction of sp³-hybridized carbons (Fsp3) is 1.00. The van der Waals surface area contributed by atoms with Gasteiger partial charge in [-0.3, -0.25) is 0 Å². The maximum Gasteiger partial charge on any atom is 0.109 e. The number of aliphatic hydroxyl groups excluding tert-OH is 1. The predicted molar refractivity (Wildman–Crippen MR) is 57.3 cm³/mol. The summed E-state index contributed by atoms with van der Waals surface area (Å²) in [7, 11) is 0. The van der Waals surface area contributed by atoms with Crippen molar-refractivity contribution >= 4 is 0 Å². The standard InChI is InChI=1S/C11H22N2O/c1-7(2)10(5)9(14)11(6,8(3)4)13-12-10/h7-9,14H,1-6H3. The van der Waals surface area contributed by atoms with Gasteiger partial charge < -0.3 is 5.11 Å². The van der Waals surface area contributed by atoms with Crippen LogP contribution in [0.15, 0.2) is 10.2 Å². The third-order valence-electron chi connectivity index (χ3n) is 3.93. The van der Waals surface area contributed by atoms with Gasteiger partial charge in [-0.2, -0.15) is 10.2 Å². The lowest BCUT2D eigenvalue weighted by Crippen LogP contribution is -2.51. The van der Waals surface area contributed by atoms with Crippen LogP contribution in [0.3, 0.4) is 0 Å². The zero-order chi connectivity index (χ0) is 11.1. The largest absolute Gasteiger partial charge is 0.388 e. The Hall–Kier alpha value is -0.440. The van der Waals surface area contributed by atoms with Crippen molar-refractivity contribution in [1.82, 2.24) is 0 Å². The van der Waals surface area contributed by atoms with E-state index in [2.05, 4.69) is 37.9 Å². The van der Waals surface area contributed by atoms with Crippen molar-refractivity contribution in [2.45, 2.75) is 58.7 Å². The SMILES string of the molecule is CC(C)C1(C)N=NC(C)(C(C)C)C1O. The lowest BCUT2D eigenvalue weighted by atomic mass is 9.73. The Balaban J connectivity index is 3.00. The number of rotatable bonds is 2. The van der Waals surface area contributed by atoms with Crippen molar-refractivity contribution in [3.05, 3.63) is 0 Å². The molecule has 0 amide bonds. The van der Waals surface area contributed by atoms with Crippen molar-refractivity contribution in [2.75, 3.05) is 0 Å². The molecule has 14 heavy (non-hydrogen) atoms. The summed E-state index contributed by atoms with van der Waals surface area (Å²) in [5, 5.41) is 18.9. The van der Waals surface area contributed by atoms with Gasteiger partial charge in [0.05, 0.1) is 0 Å². The molecule has 1 aliphatic heterocycles. The van der Waals surface area contributed by atoms with E-state index in [1.54, 1.807) is 0 Å². The molecule has 1 heterocycles. The Labute approximate surface area is 86.6 Å². The zero-order valence-electron chi connectivity index (χ0n) is 10.1. The van der Waals surface area contributed by atoms with E-state index in [1.807, 2.05) is 13.8 Å². The molecule has 0 saturated carbocycles. The average molecular weight is 198 g/mol. The Bertz CT molecular complexity index is 226. The van der Waals surface area contributed by atoms with Crippen LogP contribution in [0.2, 0.25) is 0 Å². The second kappa shape index (κ2) is 3.30. The van der Waals surface area contributed by atoms with E-state index in [1.165, 1.54) is 0 Å². The highest BCUT2D eigenvalue weighted by atomic mass is 16.3. The first kappa shape index (κ1) is 11.6. The van der Waals surface area contributed by atoms with E-state index < -0.39 is 17.2 Å². The number of nitrogens with zero attached hydrogens (tertiary/aromatic N) is 2. The highest BCUT2D eigenvalue weighted by Gasteiger charge is 2.53. The minimum atomic E-state index is -0.477. The van der Waals surface area contributed by atoms with E-state index in [4.69, 9.17) is 0 Å². The summed E-state index contributed by atoms with van der Waals surface area (Å²) in [4.78, 5) is 0. The van der Waals surface area contributed by atoms with Crippen LogP contribution in [0.25, 0.3) is 0 Å².